The molecule has 1 aromatic carbocycles. The smallest absolute Gasteiger partial charge is 0.373 e. The van der Waals surface area contributed by atoms with Crippen molar-refractivity contribution < 1.29 is 17.9 Å². The average molecular weight is 552 g/mol. The number of alkyl halides is 3. The molecular weight excluding hydrogens is 520 g/mol. The zero-order chi connectivity index (χ0) is 21.3. The highest BCUT2D eigenvalue weighted by atomic mass is 127. The molecule has 3 saturated heterocycles. The fourth-order valence-electron chi connectivity index (χ4n) is 5.26. The van der Waals surface area contributed by atoms with Crippen molar-refractivity contribution in [3.8, 4) is 0 Å². The minimum Gasteiger partial charge on any atom is -0.373 e. The number of fused-ring (bicyclic) bond motifs is 2. The third kappa shape index (κ3) is 5.65. The van der Waals surface area contributed by atoms with Crippen LogP contribution in [0.2, 0.25) is 0 Å². The average Bonchev–Trinajstić information content (AvgIpc) is 3.34. The largest absolute Gasteiger partial charge is 0.416 e. The molecule has 4 rings (SSSR count). The number of guanidine groups is 1. The molecule has 5 nitrogen and oxygen atoms in total. The fourth-order valence-corrected chi connectivity index (χ4v) is 5.26. The van der Waals surface area contributed by atoms with E-state index < -0.39 is 11.7 Å². The molecule has 0 amide bonds. The second-order valence-electron chi connectivity index (χ2n) is 8.76. The lowest BCUT2D eigenvalue weighted by molar-refractivity contribution is -0.137. The van der Waals surface area contributed by atoms with Gasteiger partial charge in [0.05, 0.1) is 23.8 Å². The number of nitrogens with one attached hydrogen (secondary N) is 2. The lowest BCUT2D eigenvalue weighted by Gasteiger charge is -2.40. The van der Waals surface area contributed by atoms with Crippen LogP contribution in [0, 0.1) is 5.92 Å². The van der Waals surface area contributed by atoms with Gasteiger partial charge in [-0.15, -0.1) is 24.0 Å². The van der Waals surface area contributed by atoms with Crippen molar-refractivity contribution in [2.45, 2.75) is 62.6 Å². The molecule has 5 atom stereocenters. The Labute approximate surface area is 199 Å². The molecule has 0 spiro atoms. The van der Waals surface area contributed by atoms with Crippen molar-refractivity contribution in [2.24, 2.45) is 10.9 Å². The first-order valence-corrected chi connectivity index (χ1v) is 10.8. The zero-order valence-corrected chi connectivity index (χ0v) is 20.3. The summed E-state index contributed by atoms with van der Waals surface area (Å²) in [6.45, 7) is 1.66. The maximum atomic E-state index is 12.9. The summed E-state index contributed by atoms with van der Waals surface area (Å²) < 4.78 is 44.7. The summed E-state index contributed by atoms with van der Waals surface area (Å²) in [4.78, 5) is 6.62. The van der Waals surface area contributed by atoms with Crippen LogP contribution in [0.4, 0.5) is 13.2 Å². The molecule has 9 heteroatoms. The second-order valence-corrected chi connectivity index (χ2v) is 8.76. The van der Waals surface area contributed by atoms with Gasteiger partial charge in [0.2, 0.25) is 0 Å². The van der Waals surface area contributed by atoms with Gasteiger partial charge in [0.1, 0.15) is 0 Å². The van der Waals surface area contributed by atoms with E-state index in [1.54, 1.807) is 19.2 Å². The Hall–Kier alpha value is -1.07. The summed E-state index contributed by atoms with van der Waals surface area (Å²) in [5.74, 6) is 1.06. The van der Waals surface area contributed by atoms with Crippen molar-refractivity contribution in [3.05, 3.63) is 35.4 Å². The number of piperidine rings is 1. The van der Waals surface area contributed by atoms with Gasteiger partial charge in [0.15, 0.2) is 5.96 Å². The van der Waals surface area contributed by atoms with E-state index in [1.165, 1.54) is 12.1 Å². The first-order valence-electron chi connectivity index (χ1n) is 10.8. The summed E-state index contributed by atoms with van der Waals surface area (Å²) in [6, 6.07) is 6.02. The normalized spacial score (nSPS) is 31.4. The Morgan fingerprint density at radius 1 is 1.19 bits per heavy atom. The minimum absolute atomic E-state index is 0. The Bertz CT molecular complexity index is 758. The maximum Gasteiger partial charge on any atom is 0.416 e. The Morgan fingerprint density at radius 2 is 1.94 bits per heavy atom. The third-order valence-corrected chi connectivity index (χ3v) is 6.77. The first-order chi connectivity index (χ1) is 14.3. The Morgan fingerprint density at radius 3 is 2.52 bits per heavy atom. The zero-order valence-electron chi connectivity index (χ0n) is 18.0. The molecular formula is C22H32F3IN4O. The predicted molar refractivity (Wildman–Crippen MR) is 126 cm³/mol. The second kappa shape index (κ2) is 10.2. The van der Waals surface area contributed by atoms with Crippen LogP contribution in [0.25, 0.3) is 0 Å². The molecule has 3 fully saturated rings. The van der Waals surface area contributed by atoms with Gasteiger partial charge < -0.3 is 15.4 Å². The van der Waals surface area contributed by atoms with E-state index in [-0.39, 0.29) is 42.0 Å². The van der Waals surface area contributed by atoms with Gasteiger partial charge >= 0.3 is 6.18 Å². The summed E-state index contributed by atoms with van der Waals surface area (Å²) in [6.07, 6.45) is 1.71. The molecule has 0 saturated carbocycles. The topological polar surface area (TPSA) is 48.9 Å². The highest BCUT2D eigenvalue weighted by Crippen LogP contribution is 2.37. The van der Waals surface area contributed by atoms with Crippen molar-refractivity contribution in [2.75, 3.05) is 27.2 Å². The number of nitrogens with zero attached hydrogens (tertiary/aromatic N) is 2. The van der Waals surface area contributed by atoms with E-state index in [2.05, 4.69) is 20.5 Å². The Kier molecular flexibility index (Phi) is 8.12. The molecule has 174 valence electrons. The summed E-state index contributed by atoms with van der Waals surface area (Å²) in [5, 5.41) is 6.96. The first kappa shape index (κ1) is 24.6. The number of ether oxygens (including phenoxy) is 1. The van der Waals surface area contributed by atoms with E-state index >= 15 is 0 Å². The predicted octanol–water partition coefficient (Wildman–Crippen LogP) is 4.19. The monoisotopic (exact) mass is 552 g/mol. The van der Waals surface area contributed by atoms with E-state index in [0.717, 1.165) is 56.7 Å². The molecule has 0 aromatic heterocycles. The van der Waals surface area contributed by atoms with Crippen LogP contribution in [0.5, 0.6) is 0 Å². The summed E-state index contributed by atoms with van der Waals surface area (Å²) >= 11 is 0. The van der Waals surface area contributed by atoms with Gasteiger partial charge in [-0.1, -0.05) is 12.1 Å². The van der Waals surface area contributed by atoms with Crippen molar-refractivity contribution in [1.29, 1.82) is 0 Å². The van der Waals surface area contributed by atoms with Crippen LogP contribution >= 0.6 is 24.0 Å². The van der Waals surface area contributed by atoms with Crippen molar-refractivity contribution >= 4 is 29.9 Å². The molecule has 0 radical (unpaired) electrons. The third-order valence-electron chi connectivity index (χ3n) is 6.77. The number of hydrogen-bond acceptors (Lipinski definition) is 3. The fraction of sp³-hybridized carbons (Fsp3) is 0.682. The standard InChI is InChI=1S/C22H31F3N4O.HI/c1-26-21(28-18-12-17-9-10-19(18)30-17)27-13-15-4-3-11-29(2)20(15)14-5-7-16(8-6-14)22(23,24)25;/h5-8,15,17-20H,3-4,9-13H2,1-2H3,(H2,26,27,28);1H. The maximum absolute atomic E-state index is 12.9. The number of hydrogen-bond donors (Lipinski definition) is 2. The van der Waals surface area contributed by atoms with Gasteiger partial charge in [-0.05, 0) is 69.3 Å². The van der Waals surface area contributed by atoms with Gasteiger partial charge in [-0.2, -0.15) is 13.2 Å². The highest BCUT2D eigenvalue weighted by Gasteiger charge is 2.41. The van der Waals surface area contributed by atoms with Gasteiger partial charge in [0.25, 0.3) is 0 Å². The minimum atomic E-state index is -4.31. The van der Waals surface area contributed by atoms with Gasteiger partial charge in [-0.3, -0.25) is 9.89 Å². The van der Waals surface area contributed by atoms with Crippen LogP contribution in [0.15, 0.2) is 29.3 Å². The van der Waals surface area contributed by atoms with Crippen LogP contribution in [0.3, 0.4) is 0 Å². The molecule has 3 heterocycles. The Balaban J connectivity index is 0.00000272. The van der Waals surface area contributed by atoms with Crippen LogP contribution in [0.1, 0.15) is 49.3 Å². The van der Waals surface area contributed by atoms with Gasteiger partial charge in [0, 0.05) is 19.6 Å². The molecule has 1 aromatic rings. The molecule has 5 unspecified atom stereocenters. The number of aliphatic imine (C=N–C) groups is 1. The van der Waals surface area contributed by atoms with E-state index in [0.29, 0.717) is 12.1 Å². The highest BCUT2D eigenvalue weighted by molar-refractivity contribution is 14.0. The van der Waals surface area contributed by atoms with Crippen LogP contribution in [-0.2, 0) is 10.9 Å². The van der Waals surface area contributed by atoms with E-state index in [4.69, 9.17) is 4.74 Å². The molecule has 0 aliphatic carbocycles. The van der Waals surface area contributed by atoms with Crippen molar-refractivity contribution in [3.63, 3.8) is 0 Å². The lowest BCUT2D eigenvalue weighted by Crippen LogP contribution is -2.50. The van der Waals surface area contributed by atoms with E-state index in [1.807, 2.05) is 7.05 Å². The molecule has 3 aliphatic rings. The SMILES string of the molecule is CN=C(NCC1CCCN(C)C1c1ccc(C(F)(F)F)cc1)NC1CC2CCC1O2.I. The molecule has 31 heavy (non-hydrogen) atoms. The summed E-state index contributed by atoms with van der Waals surface area (Å²) in [7, 11) is 3.82. The molecule has 2 bridgehead atoms. The lowest BCUT2D eigenvalue weighted by atomic mass is 9.84. The molecule has 3 aliphatic heterocycles. The van der Waals surface area contributed by atoms with Crippen LogP contribution in [-0.4, -0.2) is 56.3 Å². The number of likely N-dealkylation sites (tertiary alicyclic amines) is 1. The summed E-state index contributed by atoms with van der Waals surface area (Å²) in [5.41, 5.74) is 0.332. The number of rotatable bonds is 4. The van der Waals surface area contributed by atoms with Crippen LogP contribution < -0.4 is 10.6 Å². The molecule has 2 N–H and O–H groups in total. The van der Waals surface area contributed by atoms with E-state index in [9.17, 15) is 13.2 Å². The number of benzene rings is 1. The van der Waals surface area contributed by atoms with Crippen molar-refractivity contribution in [1.82, 2.24) is 15.5 Å². The quantitative estimate of drug-likeness (QED) is 0.334. The van der Waals surface area contributed by atoms with Gasteiger partial charge in [-0.25, -0.2) is 0 Å². The number of halogens is 4.